The predicted molar refractivity (Wildman–Crippen MR) is 60.0 cm³/mol. The largest absolute Gasteiger partial charge is 0.321 e. The van der Waals surface area contributed by atoms with Crippen molar-refractivity contribution in [2.45, 2.75) is 38.6 Å². The third-order valence-corrected chi connectivity index (χ3v) is 3.61. The highest BCUT2D eigenvalue weighted by molar-refractivity contribution is 5.31. The maximum atomic E-state index is 13.8. The molecule has 0 aliphatic heterocycles. The normalized spacial score (nSPS) is 29.7. The number of nitrogens with two attached hydrogens (primary N) is 1. The van der Waals surface area contributed by atoms with E-state index in [-0.39, 0.29) is 0 Å². The monoisotopic (exact) mass is 225 g/mol. The van der Waals surface area contributed by atoms with Gasteiger partial charge in [-0.15, -0.1) is 0 Å². The second-order valence-corrected chi connectivity index (χ2v) is 5.06. The fraction of sp³-hybridized carbons (Fsp3) is 0.538. The lowest BCUT2D eigenvalue weighted by Gasteiger charge is -2.25. The second-order valence-electron chi connectivity index (χ2n) is 5.06. The molecule has 2 atom stereocenters. The molecule has 2 rings (SSSR count). The van der Waals surface area contributed by atoms with Gasteiger partial charge in [-0.2, -0.15) is 0 Å². The van der Waals surface area contributed by atoms with Gasteiger partial charge in [0.25, 0.3) is 0 Å². The Balaban J connectivity index is 2.45. The summed E-state index contributed by atoms with van der Waals surface area (Å²) < 4.78 is 27.3. The topological polar surface area (TPSA) is 26.0 Å². The van der Waals surface area contributed by atoms with Crippen molar-refractivity contribution in [3.05, 3.63) is 34.9 Å². The fourth-order valence-electron chi connectivity index (χ4n) is 2.61. The smallest absolute Gasteiger partial charge is 0.164 e. The van der Waals surface area contributed by atoms with Gasteiger partial charge in [0.2, 0.25) is 0 Å². The van der Waals surface area contributed by atoms with Crippen molar-refractivity contribution in [3.8, 4) is 0 Å². The maximum Gasteiger partial charge on any atom is 0.164 e. The minimum absolute atomic E-state index is 0.330. The number of aryl methyl sites for hydroxylation is 1. The van der Waals surface area contributed by atoms with E-state index in [9.17, 15) is 8.78 Å². The van der Waals surface area contributed by atoms with Crippen molar-refractivity contribution in [2.24, 2.45) is 11.7 Å². The van der Waals surface area contributed by atoms with Gasteiger partial charge < -0.3 is 5.73 Å². The molecular weight excluding hydrogens is 208 g/mol. The number of hydrogen-bond donors (Lipinski definition) is 1. The standard InChI is InChI=1S/C13H17F2N/c1-8-5-6-13(16,7-8)10-4-3-9(2)11(14)12(10)15/h3-4,8H,5-7,16H2,1-2H3. The molecular formula is C13H17F2N. The first-order valence-electron chi connectivity index (χ1n) is 5.68. The van der Waals surface area contributed by atoms with E-state index in [0.29, 0.717) is 17.0 Å². The third-order valence-electron chi connectivity index (χ3n) is 3.61. The van der Waals surface area contributed by atoms with Crippen LogP contribution >= 0.6 is 0 Å². The SMILES string of the molecule is Cc1ccc(C2(N)CCC(C)C2)c(F)c1F. The van der Waals surface area contributed by atoms with Crippen molar-refractivity contribution < 1.29 is 8.78 Å². The Labute approximate surface area is 94.7 Å². The first-order chi connectivity index (χ1) is 7.44. The first kappa shape index (κ1) is 11.5. The summed E-state index contributed by atoms with van der Waals surface area (Å²) in [6, 6.07) is 3.23. The molecule has 0 spiro atoms. The van der Waals surface area contributed by atoms with E-state index in [0.717, 1.165) is 19.3 Å². The van der Waals surface area contributed by atoms with E-state index in [1.807, 2.05) is 0 Å². The summed E-state index contributed by atoms with van der Waals surface area (Å²) in [6.07, 6.45) is 2.44. The summed E-state index contributed by atoms with van der Waals surface area (Å²) in [7, 11) is 0. The minimum atomic E-state index is -0.767. The molecule has 16 heavy (non-hydrogen) atoms. The zero-order valence-electron chi connectivity index (χ0n) is 9.69. The summed E-state index contributed by atoms with van der Waals surface area (Å²) in [5, 5.41) is 0. The number of benzene rings is 1. The third kappa shape index (κ3) is 1.73. The Kier molecular flexibility index (Phi) is 2.74. The van der Waals surface area contributed by atoms with E-state index in [4.69, 9.17) is 5.73 Å². The zero-order chi connectivity index (χ0) is 11.9. The molecule has 1 saturated carbocycles. The van der Waals surface area contributed by atoms with Crippen LogP contribution in [-0.4, -0.2) is 0 Å². The molecule has 1 aromatic carbocycles. The van der Waals surface area contributed by atoms with Gasteiger partial charge in [-0.25, -0.2) is 8.78 Å². The van der Waals surface area contributed by atoms with Crippen LogP contribution in [0.4, 0.5) is 8.78 Å². The van der Waals surface area contributed by atoms with Crippen LogP contribution in [0.3, 0.4) is 0 Å². The summed E-state index contributed by atoms with van der Waals surface area (Å²) in [4.78, 5) is 0. The van der Waals surface area contributed by atoms with E-state index in [2.05, 4.69) is 6.92 Å². The molecule has 0 aromatic heterocycles. The van der Waals surface area contributed by atoms with Crippen molar-refractivity contribution in [1.29, 1.82) is 0 Å². The van der Waals surface area contributed by atoms with E-state index in [1.54, 1.807) is 19.1 Å². The Morgan fingerprint density at radius 1 is 1.31 bits per heavy atom. The van der Waals surface area contributed by atoms with Crippen LogP contribution in [0.25, 0.3) is 0 Å². The summed E-state index contributed by atoms with van der Waals surface area (Å²) in [5.74, 6) is -1.05. The predicted octanol–water partition coefficient (Wildman–Crippen LogP) is 3.25. The molecule has 0 bridgehead atoms. The highest BCUT2D eigenvalue weighted by Gasteiger charge is 2.37. The minimum Gasteiger partial charge on any atom is -0.321 e. The lowest BCUT2D eigenvalue weighted by Crippen LogP contribution is -2.35. The first-order valence-corrected chi connectivity index (χ1v) is 5.68. The van der Waals surface area contributed by atoms with E-state index >= 15 is 0 Å². The molecule has 1 aliphatic carbocycles. The average Bonchev–Trinajstić information content (AvgIpc) is 2.56. The van der Waals surface area contributed by atoms with Crippen LogP contribution in [0.15, 0.2) is 12.1 Å². The van der Waals surface area contributed by atoms with Gasteiger partial charge >= 0.3 is 0 Å². The van der Waals surface area contributed by atoms with Crippen LogP contribution in [-0.2, 0) is 5.54 Å². The van der Waals surface area contributed by atoms with Gasteiger partial charge in [-0.3, -0.25) is 0 Å². The van der Waals surface area contributed by atoms with Crippen LogP contribution in [0.5, 0.6) is 0 Å². The number of hydrogen-bond acceptors (Lipinski definition) is 1. The number of rotatable bonds is 1. The maximum absolute atomic E-state index is 13.8. The highest BCUT2D eigenvalue weighted by Crippen LogP contribution is 2.41. The lowest BCUT2D eigenvalue weighted by molar-refractivity contribution is 0.399. The van der Waals surface area contributed by atoms with Gasteiger partial charge in [0.15, 0.2) is 11.6 Å². The molecule has 1 nitrogen and oxygen atoms in total. The molecule has 88 valence electrons. The van der Waals surface area contributed by atoms with Crippen LogP contribution in [0.1, 0.15) is 37.3 Å². The lowest BCUT2D eigenvalue weighted by atomic mass is 9.87. The molecule has 0 radical (unpaired) electrons. The molecule has 1 aromatic rings. The van der Waals surface area contributed by atoms with Gasteiger partial charge in [-0.05, 0) is 37.7 Å². The fourth-order valence-corrected chi connectivity index (χ4v) is 2.61. The van der Waals surface area contributed by atoms with E-state index in [1.165, 1.54) is 0 Å². The molecule has 1 aliphatic rings. The van der Waals surface area contributed by atoms with Gasteiger partial charge in [-0.1, -0.05) is 19.1 Å². The number of halogens is 2. The Hall–Kier alpha value is -0.960. The Morgan fingerprint density at radius 3 is 2.56 bits per heavy atom. The zero-order valence-corrected chi connectivity index (χ0v) is 9.69. The molecule has 2 unspecified atom stereocenters. The molecule has 0 saturated heterocycles. The van der Waals surface area contributed by atoms with Gasteiger partial charge in [0.1, 0.15) is 0 Å². The summed E-state index contributed by atoms with van der Waals surface area (Å²) in [6.45, 7) is 3.65. The Morgan fingerprint density at radius 2 is 2.00 bits per heavy atom. The summed E-state index contributed by atoms with van der Waals surface area (Å²) in [5.41, 5.74) is 6.16. The van der Waals surface area contributed by atoms with Crippen molar-refractivity contribution >= 4 is 0 Å². The molecule has 0 heterocycles. The second kappa shape index (κ2) is 3.81. The highest BCUT2D eigenvalue weighted by atomic mass is 19.2. The van der Waals surface area contributed by atoms with E-state index < -0.39 is 17.2 Å². The molecule has 1 fully saturated rings. The van der Waals surface area contributed by atoms with Gasteiger partial charge in [0.05, 0.1) is 0 Å². The summed E-state index contributed by atoms with van der Waals surface area (Å²) >= 11 is 0. The molecule has 0 amide bonds. The molecule has 3 heteroatoms. The van der Waals surface area contributed by atoms with Crippen LogP contribution in [0, 0.1) is 24.5 Å². The van der Waals surface area contributed by atoms with Crippen molar-refractivity contribution in [3.63, 3.8) is 0 Å². The van der Waals surface area contributed by atoms with Gasteiger partial charge in [0, 0.05) is 11.1 Å². The van der Waals surface area contributed by atoms with Crippen molar-refractivity contribution in [1.82, 2.24) is 0 Å². The van der Waals surface area contributed by atoms with Crippen LogP contribution in [0.2, 0.25) is 0 Å². The Bertz CT molecular complexity index is 417. The molecule has 2 N–H and O–H groups in total. The van der Waals surface area contributed by atoms with Crippen LogP contribution < -0.4 is 5.73 Å². The quantitative estimate of drug-likeness (QED) is 0.780. The van der Waals surface area contributed by atoms with Crippen molar-refractivity contribution in [2.75, 3.05) is 0 Å². The average molecular weight is 225 g/mol.